The van der Waals surface area contributed by atoms with Gasteiger partial charge in [-0.2, -0.15) is 0 Å². The molecule has 0 bridgehead atoms. The largest absolute Gasteiger partial charge is 0.391 e. The Morgan fingerprint density at radius 2 is 1.73 bits per heavy atom. The molecule has 0 amide bonds. The van der Waals surface area contributed by atoms with Crippen LogP contribution in [0.25, 0.3) is 0 Å². The van der Waals surface area contributed by atoms with E-state index in [1.54, 1.807) is 0 Å². The van der Waals surface area contributed by atoms with E-state index >= 15 is 0 Å². The minimum absolute atomic E-state index is 0.903. The standard InChI is InChI=1S/C6H12O5/c1-2(7)5-3(8)4(9)6(10)11-5/h2-10H,1H3/t2?,3-,4+,5+,6+/m0/s1. The Morgan fingerprint density at radius 3 is 1.91 bits per heavy atom. The minimum Gasteiger partial charge on any atom is -0.391 e. The van der Waals surface area contributed by atoms with Gasteiger partial charge in [-0.3, -0.25) is 0 Å². The molecule has 0 spiro atoms. The smallest absolute Gasteiger partial charge is 0.184 e. The molecule has 0 radical (unpaired) electrons. The van der Waals surface area contributed by atoms with Gasteiger partial charge in [0.25, 0.3) is 0 Å². The second-order valence-corrected chi connectivity index (χ2v) is 2.71. The molecule has 66 valence electrons. The number of hydrogen-bond acceptors (Lipinski definition) is 5. The highest BCUT2D eigenvalue weighted by Crippen LogP contribution is 2.21. The van der Waals surface area contributed by atoms with E-state index in [-0.39, 0.29) is 0 Å². The second-order valence-electron chi connectivity index (χ2n) is 2.71. The van der Waals surface area contributed by atoms with Gasteiger partial charge in [0.2, 0.25) is 0 Å². The molecule has 0 aromatic rings. The summed E-state index contributed by atoms with van der Waals surface area (Å²) in [6, 6.07) is 0. The Kier molecular flexibility index (Phi) is 2.46. The van der Waals surface area contributed by atoms with Crippen molar-refractivity contribution in [3.8, 4) is 0 Å². The maximum absolute atomic E-state index is 9.10. The average Bonchev–Trinajstić information content (AvgIpc) is 2.17. The number of ether oxygens (including phenoxy) is 1. The third-order valence-corrected chi connectivity index (χ3v) is 1.75. The molecule has 1 unspecified atom stereocenters. The van der Waals surface area contributed by atoms with Crippen LogP contribution in [0, 0.1) is 0 Å². The molecular weight excluding hydrogens is 152 g/mol. The third kappa shape index (κ3) is 1.52. The van der Waals surface area contributed by atoms with Gasteiger partial charge in [-0.05, 0) is 6.92 Å². The summed E-state index contributed by atoms with van der Waals surface area (Å²) in [7, 11) is 0. The van der Waals surface area contributed by atoms with Crippen LogP contribution < -0.4 is 0 Å². The zero-order chi connectivity index (χ0) is 8.59. The van der Waals surface area contributed by atoms with Crippen LogP contribution >= 0.6 is 0 Å². The van der Waals surface area contributed by atoms with E-state index in [0.717, 1.165) is 0 Å². The van der Waals surface area contributed by atoms with Crippen LogP contribution in [0.1, 0.15) is 6.92 Å². The van der Waals surface area contributed by atoms with Gasteiger partial charge in [0, 0.05) is 0 Å². The predicted molar refractivity (Wildman–Crippen MR) is 34.6 cm³/mol. The van der Waals surface area contributed by atoms with Crippen molar-refractivity contribution >= 4 is 0 Å². The van der Waals surface area contributed by atoms with Crippen molar-refractivity contribution in [3.63, 3.8) is 0 Å². The fraction of sp³-hybridized carbons (Fsp3) is 1.00. The van der Waals surface area contributed by atoms with Gasteiger partial charge < -0.3 is 25.2 Å². The van der Waals surface area contributed by atoms with Crippen LogP contribution in [-0.4, -0.2) is 51.1 Å². The molecule has 1 aliphatic rings. The van der Waals surface area contributed by atoms with Crippen molar-refractivity contribution in [2.45, 2.75) is 37.6 Å². The number of rotatable bonds is 1. The zero-order valence-corrected chi connectivity index (χ0v) is 6.08. The first-order chi connectivity index (χ1) is 5.04. The van der Waals surface area contributed by atoms with E-state index in [1.165, 1.54) is 6.92 Å². The van der Waals surface area contributed by atoms with Crippen molar-refractivity contribution in [1.29, 1.82) is 0 Å². The van der Waals surface area contributed by atoms with Gasteiger partial charge in [-0.1, -0.05) is 0 Å². The molecule has 0 aliphatic carbocycles. The lowest BCUT2D eigenvalue weighted by Gasteiger charge is -2.16. The first kappa shape index (κ1) is 8.89. The molecule has 5 atom stereocenters. The highest BCUT2D eigenvalue weighted by atomic mass is 16.6. The van der Waals surface area contributed by atoms with E-state index in [9.17, 15) is 0 Å². The van der Waals surface area contributed by atoms with Crippen molar-refractivity contribution < 1.29 is 25.2 Å². The second kappa shape index (κ2) is 3.04. The molecular formula is C6H12O5. The summed E-state index contributed by atoms with van der Waals surface area (Å²) in [5.41, 5.74) is 0. The lowest BCUT2D eigenvalue weighted by molar-refractivity contribution is -0.143. The van der Waals surface area contributed by atoms with Gasteiger partial charge in [0.1, 0.15) is 18.3 Å². The molecule has 1 rings (SSSR count). The van der Waals surface area contributed by atoms with Crippen molar-refractivity contribution in [2.75, 3.05) is 0 Å². The fourth-order valence-corrected chi connectivity index (χ4v) is 1.08. The molecule has 1 fully saturated rings. The Hall–Kier alpha value is -0.200. The summed E-state index contributed by atoms with van der Waals surface area (Å²) < 4.78 is 4.65. The monoisotopic (exact) mass is 164 g/mol. The number of aliphatic hydroxyl groups is 4. The minimum atomic E-state index is -1.40. The van der Waals surface area contributed by atoms with Gasteiger partial charge in [-0.25, -0.2) is 0 Å². The Balaban J connectivity index is 2.59. The Labute approximate surface area is 63.8 Å². The average molecular weight is 164 g/mol. The van der Waals surface area contributed by atoms with Gasteiger partial charge in [0.05, 0.1) is 6.10 Å². The van der Waals surface area contributed by atoms with E-state index in [2.05, 4.69) is 4.74 Å². The topological polar surface area (TPSA) is 90.2 Å². The molecule has 5 nitrogen and oxygen atoms in total. The normalized spacial score (nSPS) is 47.7. The maximum atomic E-state index is 9.10. The molecule has 1 aliphatic heterocycles. The predicted octanol–water partition coefficient (Wildman–Crippen LogP) is -2.19. The number of hydrogen-bond donors (Lipinski definition) is 4. The van der Waals surface area contributed by atoms with Crippen LogP contribution in [0.15, 0.2) is 0 Å². The molecule has 1 heterocycles. The summed E-state index contributed by atoms with van der Waals surface area (Å²) in [4.78, 5) is 0. The van der Waals surface area contributed by atoms with Gasteiger partial charge in [0.15, 0.2) is 6.29 Å². The first-order valence-electron chi connectivity index (χ1n) is 3.41. The number of aliphatic hydroxyl groups excluding tert-OH is 4. The Morgan fingerprint density at radius 1 is 1.18 bits per heavy atom. The lowest BCUT2D eigenvalue weighted by Crippen LogP contribution is -2.37. The van der Waals surface area contributed by atoms with E-state index < -0.39 is 30.7 Å². The van der Waals surface area contributed by atoms with E-state index in [0.29, 0.717) is 0 Å². The summed E-state index contributed by atoms with van der Waals surface area (Å²) in [5, 5.41) is 35.8. The summed E-state index contributed by atoms with van der Waals surface area (Å²) in [6.45, 7) is 1.42. The quantitative estimate of drug-likeness (QED) is 0.353. The summed E-state index contributed by atoms with van der Waals surface area (Å²) in [6.07, 6.45) is -5.75. The summed E-state index contributed by atoms with van der Waals surface area (Å²) >= 11 is 0. The molecule has 1 saturated heterocycles. The molecule has 11 heavy (non-hydrogen) atoms. The highest BCUT2D eigenvalue weighted by molar-refractivity contribution is 4.88. The molecule has 0 aromatic heterocycles. The van der Waals surface area contributed by atoms with Crippen molar-refractivity contribution in [2.24, 2.45) is 0 Å². The lowest BCUT2D eigenvalue weighted by atomic mass is 10.1. The molecule has 5 heteroatoms. The van der Waals surface area contributed by atoms with E-state index in [4.69, 9.17) is 20.4 Å². The maximum Gasteiger partial charge on any atom is 0.184 e. The molecule has 0 aromatic carbocycles. The van der Waals surface area contributed by atoms with Gasteiger partial charge >= 0.3 is 0 Å². The zero-order valence-electron chi connectivity index (χ0n) is 6.08. The van der Waals surface area contributed by atoms with Crippen LogP contribution in [0.2, 0.25) is 0 Å². The van der Waals surface area contributed by atoms with Crippen molar-refractivity contribution in [3.05, 3.63) is 0 Å². The first-order valence-corrected chi connectivity index (χ1v) is 3.41. The highest BCUT2D eigenvalue weighted by Gasteiger charge is 2.43. The van der Waals surface area contributed by atoms with Crippen molar-refractivity contribution in [1.82, 2.24) is 0 Å². The van der Waals surface area contributed by atoms with E-state index in [1.807, 2.05) is 0 Å². The molecule has 4 N–H and O–H groups in total. The fourth-order valence-electron chi connectivity index (χ4n) is 1.08. The van der Waals surface area contributed by atoms with Crippen LogP contribution in [-0.2, 0) is 4.74 Å². The van der Waals surface area contributed by atoms with Crippen LogP contribution in [0.3, 0.4) is 0 Å². The summed E-state index contributed by atoms with van der Waals surface area (Å²) in [5.74, 6) is 0. The molecule has 0 saturated carbocycles. The van der Waals surface area contributed by atoms with Crippen LogP contribution in [0.5, 0.6) is 0 Å². The third-order valence-electron chi connectivity index (χ3n) is 1.75. The Bertz CT molecular complexity index is 137. The van der Waals surface area contributed by atoms with Gasteiger partial charge in [-0.15, -0.1) is 0 Å². The van der Waals surface area contributed by atoms with Crippen LogP contribution in [0.4, 0.5) is 0 Å². The SMILES string of the molecule is CC(O)[C@H]1O[C@@H](O)[C@H](O)[C@@H]1O.